The molecule has 0 amide bonds. The van der Waals surface area contributed by atoms with Crippen LogP contribution in [0.4, 0.5) is 0 Å². The van der Waals surface area contributed by atoms with Gasteiger partial charge in [-0.1, -0.05) is 0 Å². The summed E-state index contributed by atoms with van der Waals surface area (Å²) < 4.78 is 5.07. The first kappa shape index (κ1) is 24.5. The van der Waals surface area contributed by atoms with E-state index in [1.54, 1.807) is 0 Å². The predicted octanol–water partition coefficient (Wildman–Crippen LogP) is -8.52. The summed E-state index contributed by atoms with van der Waals surface area (Å²) in [5.74, 6) is -1.54. The molecule has 0 aromatic carbocycles. The molecule has 0 unspecified atom stereocenters. The van der Waals surface area contributed by atoms with Crippen LogP contribution < -0.4 is 51.6 Å². The number of nitrogens with one attached hydrogen (secondary N) is 1. The maximum Gasteiger partial charge on any atom is 1.00 e. The van der Waals surface area contributed by atoms with Crippen LogP contribution in [-0.2, 0) is 14.4 Å². The molecule has 6 atom stereocenters. The van der Waals surface area contributed by atoms with Gasteiger partial charge in [-0.3, -0.25) is 4.99 Å². The van der Waals surface area contributed by atoms with Gasteiger partial charge in [0.15, 0.2) is 0 Å². The van der Waals surface area contributed by atoms with Crippen LogP contribution in [-0.4, -0.2) is 82.3 Å². The van der Waals surface area contributed by atoms with Crippen LogP contribution in [0, 0.1) is 0 Å². The molecule has 0 aromatic heterocycles. The Hall–Kier alpha value is -0.540. The summed E-state index contributed by atoms with van der Waals surface area (Å²) in [6.45, 7) is -0.426. The first-order valence-corrected chi connectivity index (χ1v) is 7.26. The van der Waals surface area contributed by atoms with E-state index in [1.807, 2.05) is 0 Å². The first-order valence-electron chi connectivity index (χ1n) is 7.26. The van der Waals surface area contributed by atoms with Crippen molar-refractivity contribution in [3.8, 4) is 0 Å². The number of aliphatic hydroxyl groups excluding tert-OH is 4. The number of aliphatic imine (C=N–C) groups is 1. The second-order valence-electron chi connectivity index (χ2n) is 5.25. The minimum Gasteiger partial charge on any atom is -0.548 e. The zero-order valence-corrected chi connectivity index (χ0v) is 15.8. The number of carbonyl (C=O) groups is 1. The largest absolute Gasteiger partial charge is 1.00 e. The van der Waals surface area contributed by atoms with Gasteiger partial charge in [0.05, 0.1) is 12.6 Å². The van der Waals surface area contributed by atoms with Crippen molar-refractivity contribution in [2.75, 3.05) is 13.2 Å². The van der Waals surface area contributed by atoms with Gasteiger partial charge in [-0.2, -0.15) is 0 Å². The average Bonchev–Trinajstić information content (AvgIpc) is 2.55. The van der Waals surface area contributed by atoms with Crippen molar-refractivity contribution < 1.29 is 69.5 Å². The number of hydrogen-bond acceptors (Lipinski definition) is 10. The number of nitrogens with zero attached hydrogens (tertiary/aromatic N) is 1. The van der Waals surface area contributed by atoms with Crippen molar-refractivity contribution in [1.29, 1.82) is 0 Å². The number of nitrogens with two attached hydrogens (primary N) is 2. The van der Waals surface area contributed by atoms with Gasteiger partial charge >= 0.3 is 29.6 Å². The molecule has 0 aromatic rings. The normalized spacial score (nSPS) is 31.1. The summed E-state index contributed by atoms with van der Waals surface area (Å²) >= 11 is 0. The predicted molar refractivity (Wildman–Crippen MR) is 76.7 cm³/mol. The quantitative estimate of drug-likeness (QED) is 0.0695. The Morgan fingerprint density at radius 3 is 2.52 bits per heavy atom. The zero-order valence-electron chi connectivity index (χ0n) is 13.8. The van der Waals surface area contributed by atoms with Gasteiger partial charge in [-0.25, -0.2) is 10.3 Å². The first-order chi connectivity index (χ1) is 11.3. The summed E-state index contributed by atoms with van der Waals surface area (Å²) in [7, 11) is 0. The fraction of sp³-hybridized carbons (Fsp3) is 0.833. The second-order valence-corrected chi connectivity index (χ2v) is 5.25. The van der Waals surface area contributed by atoms with Crippen LogP contribution in [0.1, 0.15) is 12.8 Å². The molecule has 1 heterocycles. The fourth-order valence-corrected chi connectivity index (χ4v) is 1.94. The van der Waals surface area contributed by atoms with E-state index in [-0.39, 0.29) is 48.5 Å². The molecule has 1 fully saturated rings. The number of aliphatic hydroxyl groups is 4. The Balaban J connectivity index is 0.00000576. The summed E-state index contributed by atoms with van der Waals surface area (Å²) in [6.07, 6.45) is -6.66. The summed E-state index contributed by atoms with van der Waals surface area (Å²) in [5, 5.41) is 48.3. The molecule has 12 nitrogen and oxygen atoms in total. The van der Waals surface area contributed by atoms with E-state index in [0.717, 1.165) is 0 Å². The molecule has 0 radical (unpaired) electrons. The van der Waals surface area contributed by atoms with E-state index in [4.69, 9.17) is 26.1 Å². The molecule has 0 bridgehead atoms. The molecule has 13 heteroatoms. The fourth-order valence-electron chi connectivity index (χ4n) is 1.94. The molecule has 1 rings (SSSR count). The van der Waals surface area contributed by atoms with Gasteiger partial charge in [0, 0.05) is 12.6 Å². The maximum atomic E-state index is 10.4. The molecule has 140 valence electrons. The SMILES string of the molecule is NC(=NCCC[C@H](N)C(=O)[O-])NO[C@@H]1O[C@H](CO)[C@@H](O)[C@H](O)[C@H]1O.[Na+]. The van der Waals surface area contributed by atoms with Gasteiger partial charge in [0.25, 0.3) is 0 Å². The molecule has 0 aliphatic carbocycles. The number of hydrogen-bond donors (Lipinski definition) is 7. The molecule has 9 N–H and O–H groups in total. The monoisotopic (exact) mass is 374 g/mol. The van der Waals surface area contributed by atoms with Crippen LogP contribution in [0.3, 0.4) is 0 Å². The summed E-state index contributed by atoms with van der Waals surface area (Å²) in [4.78, 5) is 19.2. The Morgan fingerprint density at radius 1 is 1.32 bits per heavy atom. The number of carboxylic acids is 1. The van der Waals surface area contributed by atoms with Crippen molar-refractivity contribution >= 4 is 11.9 Å². The molecule has 1 saturated heterocycles. The average molecular weight is 374 g/mol. The van der Waals surface area contributed by atoms with Gasteiger partial charge in [0.2, 0.25) is 12.2 Å². The van der Waals surface area contributed by atoms with Crippen LogP contribution >= 0.6 is 0 Å². The third-order valence-corrected chi connectivity index (χ3v) is 3.39. The maximum absolute atomic E-state index is 10.4. The standard InChI is InChI=1S/C12H24N4O8.Na/c13-5(10(21)22)2-1-3-15-12(14)16-24-11-9(20)8(19)7(18)6(4-17)23-11;/h5-9,11,17-20H,1-4,13H2,(H,21,22)(H3,14,15,16);/q;+1/p-1/t5-,6+,7+,8-,9+,11-;/m0./s1. The Morgan fingerprint density at radius 2 is 1.96 bits per heavy atom. The summed E-state index contributed by atoms with van der Waals surface area (Å²) in [5.41, 5.74) is 12.9. The number of ether oxygens (including phenoxy) is 1. The van der Waals surface area contributed by atoms with Crippen LogP contribution in [0.2, 0.25) is 0 Å². The number of hydroxylamine groups is 1. The van der Waals surface area contributed by atoms with Crippen molar-refractivity contribution in [2.45, 2.75) is 49.6 Å². The topological polar surface area (TPSA) is 216 Å². The number of carboxylic acid groups (broad SMARTS) is 1. The molecular formula is C12H23N4NaO8. The van der Waals surface area contributed by atoms with Crippen molar-refractivity contribution in [2.24, 2.45) is 16.5 Å². The third kappa shape index (κ3) is 7.70. The van der Waals surface area contributed by atoms with E-state index in [9.17, 15) is 25.2 Å². The molecule has 1 aliphatic heterocycles. The van der Waals surface area contributed by atoms with Crippen molar-refractivity contribution in [3.63, 3.8) is 0 Å². The van der Waals surface area contributed by atoms with E-state index < -0.39 is 49.3 Å². The number of aliphatic carboxylic acids is 1. The van der Waals surface area contributed by atoms with Crippen LogP contribution in [0.25, 0.3) is 0 Å². The number of carbonyl (C=O) groups excluding carboxylic acids is 1. The van der Waals surface area contributed by atoms with E-state index >= 15 is 0 Å². The number of guanidine groups is 1. The van der Waals surface area contributed by atoms with Crippen molar-refractivity contribution in [3.05, 3.63) is 0 Å². The van der Waals surface area contributed by atoms with Gasteiger partial charge < -0.3 is 46.5 Å². The Kier molecular flexibility index (Phi) is 11.7. The smallest absolute Gasteiger partial charge is 0.548 e. The van der Waals surface area contributed by atoms with Gasteiger partial charge in [-0.05, 0) is 12.8 Å². The molecule has 0 saturated carbocycles. The van der Waals surface area contributed by atoms with Crippen molar-refractivity contribution in [1.82, 2.24) is 5.48 Å². The van der Waals surface area contributed by atoms with Crippen LogP contribution in [0.15, 0.2) is 4.99 Å². The molecule has 1 aliphatic rings. The van der Waals surface area contributed by atoms with E-state index in [1.165, 1.54) is 0 Å². The Bertz CT molecular complexity index is 441. The van der Waals surface area contributed by atoms with Gasteiger partial charge in [-0.15, -0.1) is 0 Å². The zero-order chi connectivity index (χ0) is 18.3. The molecule has 25 heavy (non-hydrogen) atoms. The van der Waals surface area contributed by atoms with E-state index in [0.29, 0.717) is 6.42 Å². The Labute approximate surface area is 166 Å². The second kappa shape index (κ2) is 12.0. The van der Waals surface area contributed by atoms with Gasteiger partial charge in [0.1, 0.15) is 24.4 Å². The van der Waals surface area contributed by atoms with Crippen LogP contribution in [0.5, 0.6) is 0 Å². The minimum atomic E-state index is -1.58. The summed E-state index contributed by atoms with van der Waals surface area (Å²) in [6, 6.07) is -1.08. The molecule has 0 spiro atoms. The number of rotatable bonds is 8. The minimum absolute atomic E-state index is 0. The van der Waals surface area contributed by atoms with E-state index in [2.05, 4.69) is 10.5 Å². The third-order valence-electron chi connectivity index (χ3n) is 3.39. The molecular weight excluding hydrogens is 351 g/mol.